The summed E-state index contributed by atoms with van der Waals surface area (Å²) in [6, 6.07) is 7.94. The fourth-order valence-corrected chi connectivity index (χ4v) is 3.59. The van der Waals surface area contributed by atoms with Crippen molar-refractivity contribution in [2.75, 3.05) is 11.9 Å². The third-order valence-corrected chi connectivity index (χ3v) is 4.56. The molecule has 3 rings (SSSR count). The molecule has 3 aromatic rings. The molecule has 0 aliphatic rings. The van der Waals surface area contributed by atoms with Gasteiger partial charge >= 0.3 is 0 Å². The van der Waals surface area contributed by atoms with E-state index >= 15 is 0 Å². The maximum absolute atomic E-state index is 5.96. The average molecular weight is 295 g/mol. The van der Waals surface area contributed by atoms with Crippen LogP contribution in [-0.4, -0.2) is 11.5 Å². The van der Waals surface area contributed by atoms with Gasteiger partial charge in [0, 0.05) is 11.6 Å². The molecule has 0 atom stereocenters. The van der Waals surface area contributed by atoms with E-state index in [0.717, 1.165) is 33.3 Å². The number of hydrogen-bond acceptors (Lipinski definition) is 4. The molecular weight excluding hydrogens is 284 g/mol. The van der Waals surface area contributed by atoms with E-state index in [4.69, 9.17) is 11.6 Å². The lowest BCUT2D eigenvalue weighted by Crippen LogP contribution is -2.03. The fourth-order valence-electron chi connectivity index (χ4n) is 1.72. The summed E-state index contributed by atoms with van der Waals surface area (Å²) in [5, 5.41) is 9.37. The molecule has 2 nitrogen and oxygen atoms in total. The number of nitrogens with zero attached hydrogens (tertiary/aromatic N) is 1. The summed E-state index contributed by atoms with van der Waals surface area (Å²) in [7, 11) is 0. The van der Waals surface area contributed by atoms with Gasteiger partial charge in [-0.25, -0.2) is 4.98 Å². The summed E-state index contributed by atoms with van der Waals surface area (Å²) in [5.41, 5.74) is 2.37. The second-order valence-electron chi connectivity index (χ2n) is 3.94. The Labute approximate surface area is 118 Å². The zero-order chi connectivity index (χ0) is 12.4. The van der Waals surface area contributed by atoms with Crippen LogP contribution in [0.5, 0.6) is 0 Å². The van der Waals surface area contributed by atoms with Gasteiger partial charge in [0.2, 0.25) is 0 Å². The Morgan fingerprint density at radius 2 is 2.22 bits per heavy atom. The van der Waals surface area contributed by atoms with Crippen molar-refractivity contribution in [1.82, 2.24) is 4.98 Å². The third-order valence-electron chi connectivity index (χ3n) is 2.62. The SMILES string of the molecule is Clc1ccc2nc(NCCc3ccsc3)sc2c1. The van der Waals surface area contributed by atoms with Crippen LogP contribution in [0, 0.1) is 0 Å². The van der Waals surface area contributed by atoms with Gasteiger partial charge in [-0.3, -0.25) is 0 Å². The predicted molar refractivity (Wildman–Crippen MR) is 81.1 cm³/mol. The topological polar surface area (TPSA) is 24.9 Å². The molecule has 92 valence electrons. The molecule has 0 fully saturated rings. The van der Waals surface area contributed by atoms with E-state index in [1.165, 1.54) is 5.56 Å². The van der Waals surface area contributed by atoms with E-state index in [-0.39, 0.29) is 0 Å². The summed E-state index contributed by atoms with van der Waals surface area (Å²) in [4.78, 5) is 4.52. The minimum Gasteiger partial charge on any atom is -0.361 e. The lowest BCUT2D eigenvalue weighted by molar-refractivity contribution is 1.02. The molecule has 1 N–H and O–H groups in total. The van der Waals surface area contributed by atoms with Gasteiger partial charge in [0.05, 0.1) is 10.2 Å². The van der Waals surface area contributed by atoms with Gasteiger partial charge in [-0.05, 0) is 47.0 Å². The van der Waals surface area contributed by atoms with Crippen molar-refractivity contribution >= 4 is 49.6 Å². The van der Waals surface area contributed by atoms with Crippen LogP contribution in [0.15, 0.2) is 35.0 Å². The van der Waals surface area contributed by atoms with E-state index in [1.807, 2.05) is 18.2 Å². The van der Waals surface area contributed by atoms with Crippen molar-refractivity contribution in [1.29, 1.82) is 0 Å². The lowest BCUT2D eigenvalue weighted by Gasteiger charge is -1.99. The number of aromatic nitrogens is 1. The van der Waals surface area contributed by atoms with Gasteiger partial charge in [0.25, 0.3) is 0 Å². The second-order valence-corrected chi connectivity index (χ2v) is 6.19. The maximum Gasteiger partial charge on any atom is 0.183 e. The molecule has 0 bridgehead atoms. The van der Waals surface area contributed by atoms with Crippen molar-refractivity contribution in [3.63, 3.8) is 0 Å². The number of thiophene rings is 1. The molecule has 0 saturated carbocycles. The molecule has 5 heteroatoms. The van der Waals surface area contributed by atoms with Gasteiger partial charge in [-0.1, -0.05) is 22.9 Å². The lowest BCUT2D eigenvalue weighted by atomic mass is 10.2. The number of benzene rings is 1. The van der Waals surface area contributed by atoms with Gasteiger partial charge in [0.15, 0.2) is 5.13 Å². The normalized spacial score (nSPS) is 10.9. The quantitative estimate of drug-likeness (QED) is 0.756. The number of thiazole rings is 1. The first kappa shape index (κ1) is 12.0. The minimum absolute atomic E-state index is 0.760. The van der Waals surface area contributed by atoms with Gasteiger partial charge < -0.3 is 5.32 Å². The second kappa shape index (κ2) is 5.26. The zero-order valence-corrected chi connectivity index (χ0v) is 11.9. The number of anilines is 1. The number of hydrogen-bond donors (Lipinski definition) is 1. The Morgan fingerprint density at radius 1 is 1.28 bits per heavy atom. The first-order valence-corrected chi connectivity index (χ1v) is 7.76. The highest BCUT2D eigenvalue weighted by atomic mass is 35.5. The molecule has 0 aliphatic heterocycles. The highest BCUT2D eigenvalue weighted by Gasteiger charge is 2.03. The first-order chi connectivity index (χ1) is 8.81. The van der Waals surface area contributed by atoms with E-state index in [1.54, 1.807) is 22.7 Å². The molecule has 0 spiro atoms. The third kappa shape index (κ3) is 2.66. The highest BCUT2D eigenvalue weighted by Crippen LogP contribution is 2.28. The molecule has 1 aromatic carbocycles. The monoisotopic (exact) mass is 294 g/mol. The number of nitrogens with one attached hydrogen (secondary N) is 1. The van der Waals surface area contributed by atoms with Crippen molar-refractivity contribution in [3.8, 4) is 0 Å². The van der Waals surface area contributed by atoms with E-state index in [2.05, 4.69) is 27.1 Å². The smallest absolute Gasteiger partial charge is 0.183 e. The summed E-state index contributed by atoms with van der Waals surface area (Å²) in [6.07, 6.45) is 1.03. The molecule has 2 aromatic heterocycles. The van der Waals surface area contributed by atoms with Crippen LogP contribution >= 0.6 is 34.3 Å². The van der Waals surface area contributed by atoms with Crippen LogP contribution in [0.1, 0.15) is 5.56 Å². The van der Waals surface area contributed by atoms with Crippen LogP contribution in [0.4, 0.5) is 5.13 Å². The van der Waals surface area contributed by atoms with Crippen molar-refractivity contribution in [2.45, 2.75) is 6.42 Å². The Bertz CT molecular complexity index is 646. The number of fused-ring (bicyclic) bond motifs is 1. The van der Waals surface area contributed by atoms with Crippen molar-refractivity contribution < 1.29 is 0 Å². The van der Waals surface area contributed by atoms with E-state index in [9.17, 15) is 0 Å². The van der Waals surface area contributed by atoms with Crippen molar-refractivity contribution in [3.05, 3.63) is 45.6 Å². The molecule has 18 heavy (non-hydrogen) atoms. The summed E-state index contributed by atoms with van der Waals surface area (Å²) < 4.78 is 1.13. The zero-order valence-electron chi connectivity index (χ0n) is 9.52. The van der Waals surface area contributed by atoms with E-state index in [0.29, 0.717) is 0 Å². The highest BCUT2D eigenvalue weighted by molar-refractivity contribution is 7.22. The molecule has 0 saturated heterocycles. The Hall–Kier alpha value is -1.10. The first-order valence-electron chi connectivity index (χ1n) is 5.62. The predicted octanol–water partition coefficient (Wildman–Crippen LogP) is 4.67. The molecular formula is C13H11ClN2S2. The Morgan fingerprint density at radius 3 is 3.06 bits per heavy atom. The van der Waals surface area contributed by atoms with Crippen LogP contribution in [0.25, 0.3) is 10.2 Å². The molecule has 0 radical (unpaired) electrons. The standard InChI is InChI=1S/C13H11ClN2S2/c14-10-1-2-11-12(7-10)18-13(16-11)15-5-3-9-4-6-17-8-9/h1-2,4,6-8H,3,5H2,(H,15,16). The number of rotatable bonds is 4. The average Bonchev–Trinajstić information content (AvgIpc) is 2.97. The van der Waals surface area contributed by atoms with Crippen LogP contribution < -0.4 is 5.32 Å². The summed E-state index contributed by atoms with van der Waals surface area (Å²) in [6.45, 7) is 0.907. The summed E-state index contributed by atoms with van der Waals surface area (Å²) in [5.74, 6) is 0. The Kier molecular flexibility index (Phi) is 3.50. The van der Waals surface area contributed by atoms with Crippen LogP contribution in [-0.2, 0) is 6.42 Å². The largest absolute Gasteiger partial charge is 0.361 e. The maximum atomic E-state index is 5.96. The molecule has 2 heterocycles. The van der Waals surface area contributed by atoms with Crippen LogP contribution in [0.2, 0.25) is 5.02 Å². The van der Waals surface area contributed by atoms with Crippen molar-refractivity contribution in [2.24, 2.45) is 0 Å². The van der Waals surface area contributed by atoms with E-state index < -0.39 is 0 Å². The Balaban J connectivity index is 1.67. The minimum atomic E-state index is 0.760. The summed E-state index contributed by atoms with van der Waals surface area (Å²) >= 11 is 9.34. The van der Waals surface area contributed by atoms with Gasteiger partial charge in [-0.2, -0.15) is 11.3 Å². The molecule has 0 aliphatic carbocycles. The molecule has 0 amide bonds. The van der Waals surface area contributed by atoms with Gasteiger partial charge in [-0.15, -0.1) is 0 Å². The van der Waals surface area contributed by atoms with Crippen LogP contribution in [0.3, 0.4) is 0 Å². The van der Waals surface area contributed by atoms with Gasteiger partial charge in [0.1, 0.15) is 0 Å². The molecule has 0 unspecified atom stereocenters. The fraction of sp³-hybridized carbons (Fsp3) is 0.154. The number of halogens is 1.